The Bertz CT molecular complexity index is 228. The Hall–Kier alpha value is 0.570. The highest BCUT2D eigenvalue weighted by Crippen LogP contribution is 2.36. The molecule has 4 nitrogen and oxygen atoms in total. The smallest absolute Gasteiger partial charge is 0.168 e. The molecule has 5 heteroatoms. The molecule has 102 valence electrons. The van der Waals surface area contributed by atoms with Crippen LogP contribution in [0.2, 0.25) is 0 Å². The maximum absolute atomic E-state index is 10.1. The third kappa shape index (κ3) is 5.83. The summed E-state index contributed by atoms with van der Waals surface area (Å²) < 4.78 is 4.66. The molecule has 1 rings (SSSR count). The van der Waals surface area contributed by atoms with Gasteiger partial charge in [-0.2, -0.15) is 0 Å². The second-order valence-electron chi connectivity index (χ2n) is 4.96. The van der Waals surface area contributed by atoms with Crippen molar-refractivity contribution in [2.75, 3.05) is 0 Å². The number of aliphatic hydroxyl groups excluding tert-OH is 1. The number of hydrogen-bond donors (Lipinski definition) is 3. The summed E-state index contributed by atoms with van der Waals surface area (Å²) in [5, 5.41) is 19.7. The number of halogens is 1. The van der Waals surface area contributed by atoms with E-state index in [1.54, 1.807) is 0 Å². The van der Waals surface area contributed by atoms with Crippen molar-refractivity contribution in [2.24, 2.45) is 11.7 Å². The quantitative estimate of drug-likeness (QED) is 0.268. The monoisotopic (exact) mass is 357 g/mol. The summed E-state index contributed by atoms with van der Waals surface area (Å²) in [6, 6.07) is 0. The molecule has 2 unspecified atom stereocenters. The number of ether oxygens (including phenoxy) is 1. The lowest BCUT2D eigenvalue weighted by Crippen LogP contribution is -2.40. The van der Waals surface area contributed by atoms with Crippen LogP contribution in [-0.2, 0) is 4.74 Å². The number of rotatable bonds is 8. The molecule has 0 saturated heterocycles. The Morgan fingerprint density at radius 2 is 2.00 bits per heavy atom. The van der Waals surface area contributed by atoms with Crippen molar-refractivity contribution in [1.82, 2.24) is 0 Å². The SMILES string of the molecule is CCC(CC(N)(O)I)O[C@@H](CC)[C@@H](O)C1CC1. The highest BCUT2D eigenvalue weighted by atomic mass is 127. The summed E-state index contributed by atoms with van der Waals surface area (Å²) in [5.41, 5.74) is 5.58. The fourth-order valence-electron chi connectivity index (χ4n) is 2.01. The predicted octanol–water partition coefficient (Wildman–Crippen LogP) is 1.76. The number of alkyl halides is 1. The molecule has 1 aliphatic rings. The van der Waals surface area contributed by atoms with Crippen molar-refractivity contribution in [3.63, 3.8) is 0 Å². The first-order chi connectivity index (χ1) is 7.87. The van der Waals surface area contributed by atoms with Gasteiger partial charge in [0.1, 0.15) is 0 Å². The average molecular weight is 357 g/mol. The molecule has 0 aliphatic heterocycles. The lowest BCUT2D eigenvalue weighted by atomic mass is 10.1. The summed E-state index contributed by atoms with van der Waals surface area (Å²) in [7, 11) is 0. The average Bonchev–Trinajstić information content (AvgIpc) is 3.05. The highest BCUT2D eigenvalue weighted by molar-refractivity contribution is 14.1. The minimum absolute atomic E-state index is 0.0970. The van der Waals surface area contributed by atoms with E-state index in [1.807, 2.05) is 36.4 Å². The molecule has 0 spiro atoms. The van der Waals surface area contributed by atoms with Gasteiger partial charge in [0.2, 0.25) is 0 Å². The Balaban J connectivity index is 2.46. The van der Waals surface area contributed by atoms with Crippen LogP contribution in [0.5, 0.6) is 0 Å². The van der Waals surface area contributed by atoms with Crippen molar-refractivity contribution in [2.45, 2.75) is 68.0 Å². The van der Waals surface area contributed by atoms with Gasteiger partial charge in [0.25, 0.3) is 0 Å². The van der Waals surface area contributed by atoms with E-state index >= 15 is 0 Å². The maximum Gasteiger partial charge on any atom is 0.168 e. The molecule has 1 fully saturated rings. The molecule has 0 bridgehead atoms. The Labute approximate surface area is 117 Å². The van der Waals surface area contributed by atoms with Crippen LogP contribution in [0, 0.1) is 5.92 Å². The summed E-state index contributed by atoms with van der Waals surface area (Å²) in [5.74, 6) is 0.411. The Morgan fingerprint density at radius 1 is 1.41 bits per heavy atom. The van der Waals surface area contributed by atoms with Gasteiger partial charge in [-0.1, -0.05) is 13.8 Å². The van der Waals surface area contributed by atoms with E-state index in [9.17, 15) is 10.2 Å². The maximum atomic E-state index is 10.1. The van der Waals surface area contributed by atoms with Gasteiger partial charge in [0.15, 0.2) is 3.73 Å². The summed E-state index contributed by atoms with van der Waals surface area (Å²) in [6.07, 6.45) is 3.57. The number of aliphatic hydroxyl groups is 2. The second-order valence-corrected chi connectivity index (χ2v) is 6.83. The van der Waals surface area contributed by atoms with E-state index in [-0.39, 0.29) is 18.3 Å². The van der Waals surface area contributed by atoms with E-state index in [1.165, 1.54) is 0 Å². The van der Waals surface area contributed by atoms with E-state index in [0.29, 0.717) is 12.3 Å². The molecule has 0 aromatic carbocycles. The van der Waals surface area contributed by atoms with Gasteiger partial charge in [0.05, 0.1) is 18.3 Å². The minimum Gasteiger partial charge on any atom is -0.390 e. The molecule has 0 radical (unpaired) electrons. The normalized spacial score (nSPS) is 25.1. The number of hydrogen-bond acceptors (Lipinski definition) is 4. The van der Waals surface area contributed by atoms with Gasteiger partial charge >= 0.3 is 0 Å². The first-order valence-electron chi connectivity index (χ1n) is 6.41. The van der Waals surface area contributed by atoms with Gasteiger partial charge in [0, 0.05) is 6.42 Å². The molecule has 0 aromatic heterocycles. The van der Waals surface area contributed by atoms with Crippen LogP contribution >= 0.6 is 22.6 Å². The van der Waals surface area contributed by atoms with Crippen LogP contribution in [0.15, 0.2) is 0 Å². The number of nitrogens with two attached hydrogens (primary N) is 1. The largest absolute Gasteiger partial charge is 0.390 e. The molecule has 0 heterocycles. The zero-order valence-corrected chi connectivity index (χ0v) is 12.8. The molecular formula is C12H24INO3. The van der Waals surface area contributed by atoms with Crippen molar-refractivity contribution in [3.05, 3.63) is 0 Å². The lowest BCUT2D eigenvalue weighted by Gasteiger charge is -2.29. The molecule has 4 N–H and O–H groups in total. The third-order valence-electron chi connectivity index (χ3n) is 3.22. The van der Waals surface area contributed by atoms with Gasteiger partial charge in [-0.05, 0) is 54.2 Å². The van der Waals surface area contributed by atoms with Crippen LogP contribution in [0.4, 0.5) is 0 Å². The van der Waals surface area contributed by atoms with Crippen LogP contribution < -0.4 is 5.73 Å². The van der Waals surface area contributed by atoms with Gasteiger partial charge in [-0.15, -0.1) is 0 Å². The van der Waals surface area contributed by atoms with Gasteiger partial charge in [-0.25, -0.2) is 0 Å². The molecule has 0 amide bonds. The van der Waals surface area contributed by atoms with E-state index in [4.69, 9.17) is 10.5 Å². The molecule has 17 heavy (non-hydrogen) atoms. The fraction of sp³-hybridized carbons (Fsp3) is 1.00. The highest BCUT2D eigenvalue weighted by Gasteiger charge is 2.36. The Kier molecular flexibility index (Phi) is 6.12. The molecule has 0 aromatic rings. The van der Waals surface area contributed by atoms with E-state index in [0.717, 1.165) is 25.7 Å². The summed E-state index contributed by atoms with van der Waals surface area (Å²) in [6.45, 7) is 4.02. The minimum atomic E-state index is -1.23. The van der Waals surface area contributed by atoms with Crippen molar-refractivity contribution in [1.29, 1.82) is 0 Å². The first-order valence-corrected chi connectivity index (χ1v) is 7.49. The zero-order chi connectivity index (χ0) is 13.1. The molecule has 4 atom stereocenters. The van der Waals surface area contributed by atoms with E-state index in [2.05, 4.69) is 0 Å². The van der Waals surface area contributed by atoms with Crippen LogP contribution in [0.1, 0.15) is 46.0 Å². The lowest BCUT2D eigenvalue weighted by molar-refractivity contribution is -0.0979. The van der Waals surface area contributed by atoms with Crippen LogP contribution in [0.3, 0.4) is 0 Å². The van der Waals surface area contributed by atoms with Crippen molar-refractivity contribution < 1.29 is 14.9 Å². The standard InChI is InChI=1S/C12H24INO3/c1-3-9(7-12(13,14)16)17-10(4-2)11(15)8-5-6-8/h8-11,15-16H,3-7,14H2,1-2H3/t9?,10-,11-,12?/m0/s1. The Morgan fingerprint density at radius 3 is 2.35 bits per heavy atom. The van der Waals surface area contributed by atoms with Crippen molar-refractivity contribution in [3.8, 4) is 0 Å². The first kappa shape index (κ1) is 15.6. The van der Waals surface area contributed by atoms with Crippen LogP contribution in [-0.4, -0.2) is 32.3 Å². The molecule has 1 saturated carbocycles. The summed E-state index contributed by atoms with van der Waals surface area (Å²) >= 11 is 1.81. The molecular weight excluding hydrogens is 333 g/mol. The zero-order valence-electron chi connectivity index (χ0n) is 10.6. The van der Waals surface area contributed by atoms with Crippen molar-refractivity contribution >= 4 is 22.6 Å². The van der Waals surface area contributed by atoms with E-state index < -0.39 is 3.73 Å². The topological polar surface area (TPSA) is 75.7 Å². The summed E-state index contributed by atoms with van der Waals surface area (Å²) in [4.78, 5) is 0. The third-order valence-corrected chi connectivity index (χ3v) is 3.67. The van der Waals surface area contributed by atoms with Gasteiger partial charge in [-0.3, -0.25) is 5.73 Å². The predicted molar refractivity (Wildman–Crippen MR) is 75.7 cm³/mol. The second kappa shape index (κ2) is 6.65. The van der Waals surface area contributed by atoms with Crippen LogP contribution in [0.25, 0.3) is 0 Å². The van der Waals surface area contributed by atoms with Gasteiger partial charge < -0.3 is 14.9 Å². The molecule has 1 aliphatic carbocycles. The fourth-order valence-corrected chi connectivity index (χ4v) is 2.51.